The first-order valence-electron chi connectivity index (χ1n) is 3.36. The Morgan fingerprint density at radius 2 is 2.00 bits per heavy atom. The van der Waals surface area contributed by atoms with E-state index >= 15 is 0 Å². The summed E-state index contributed by atoms with van der Waals surface area (Å²) >= 11 is 0. The van der Waals surface area contributed by atoms with E-state index in [4.69, 9.17) is 0 Å². The van der Waals surface area contributed by atoms with Crippen molar-refractivity contribution in [1.29, 1.82) is 0 Å². The van der Waals surface area contributed by atoms with Gasteiger partial charge in [-0.05, 0) is 18.3 Å². The maximum atomic E-state index is 10.2. The highest BCUT2D eigenvalue weighted by atomic mass is 16.6. The zero-order chi connectivity index (χ0) is 8.97. The predicted molar refractivity (Wildman–Crippen MR) is 46.9 cm³/mol. The summed E-state index contributed by atoms with van der Waals surface area (Å²) in [6.07, 6.45) is 1.52. The average Bonchev–Trinajstić information content (AvgIpc) is 2.06. The Kier molecular flexibility index (Phi) is 2.42. The quantitative estimate of drug-likeness (QED) is 0.550. The maximum absolute atomic E-state index is 10.2. The van der Waals surface area contributed by atoms with E-state index in [2.05, 4.69) is 11.9 Å². The molecule has 0 amide bonds. The van der Waals surface area contributed by atoms with Crippen molar-refractivity contribution in [3.63, 3.8) is 0 Å². The molecule has 12 heavy (non-hydrogen) atoms. The van der Waals surface area contributed by atoms with E-state index < -0.39 is 4.92 Å². The number of anilines is 1. The van der Waals surface area contributed by atoms with Crippen LogP contribution in [0.5, 0.6) is 0 Å². The first-order valence-corrected chi connectivity index (χ1v) is 3.36. The minimum atomic E-state index is -0.433. The minimum absolute atomic E-state index is 0.0876. The van der Waals surface area contributed by atoms with Crippen molar-refractivity contribution in [2.45, 2.75) is 0 Å². The summed E-state index contributed by atoms with van der Waals surface area (Å²) in [7, 11) is 0. The van der Waals surface area contributed by atoms with E-state index in [-0.39, 0.29) is 5.69 Å². The molecule has 1 rings (SSSR count). The van der Waals surface area contributed by atoms with Crippen molar-refractivity contribution in [3.8, 4) is 0 Å². The van der Waals surface area contributed by atoms with Gasteiger partial charge < -0.3 is 5.32 Å². The Bertz CT molecular complexity index is 292. The van der Waals surface area contributed by atoms with Crippen molar-refractivity contribution < 1.29 is 4.92 Å². The molecule has 0 unspecified atom stereocenters. The van der Waals surface area contributed by atoms with Crippen LogP contribution in [0, 0.1) is 10.1 Å². The molecule has 0 spiro atoms. The first kappa shape index (κ1) is 8.26. The molecule has 0 aliphatic rings. The Labute approximate surface area is 69.7 Å². The van der Waals surface area contributed by atoms with E-state index in [0.29, 0.717) is 0 Å². The second-order valence-corrected chi connectivity index (χ2v) is 2.15. The summed E-state index contributed by atoms with van der Waals surface area (Å²) in [6, 6.07) is 6.12. The largest absolute Gasteiger partial charge is 0.362 e. The number of benzene rings is 1. The maximum Gasteiger partial charge on any atom is 0.269 e. The number of rotatable bonds is 3. The summed E-state index contributed by atoms with van der Waals surface area (Å²) < 4.78 is 0. The molecule has 0 saturated carbocycles. The van der Waals surface area contributed by atoms with Gasteiger partial charge in [0, 0.05) is 17.8 Å². The zero-order valence-corrected chi connectivity index (χ0v) is 6.36. The van der Waals surface area contributed by atoms with Gasteiger partial charge in [-0.1, -0.05) is 6.58 Å². The SMILES string of the molecule is C=CNc1ccc([N+](=O)[O-])cc1. The number of nitrogens with zero attached hydrogens (tertiary/aromatic N) is 1. The monoisotopic (exact) mass is 164 g/mol. The van der Waals surface area contributed by atoms with Crippen LogP contribution >= 0.6 is 0 Å². The molecule has 0 heterocycles. The van der Waals surface area contributed by atoms with Crippen molar-refractivity contribution in [1.82, 2.24) is 0 Å². The van der Waals surface area contributed by atoms with Crippen molar-refractivity contribution >= 4 is 11.4 Å². The zero-order valence-electron chi connectivity index (χ0n) is 6.36. The van der Waals surface area contributed by atoms with Gasteiger partial charge in [0.25, 0.3) is 5.69 Å². The fourth-order valence-corrected chi connectivity index (χ4v) is 0.797. The number of hydrogen-bond donors (Lipinski definition) is 1. The minimum Gasteiger partial charge on any atom is -0.362 e. The third kappa shape index (κ3) is 1.82. The fraction of sp³-hybridized carbons (Fsp3) is 0. The van der Waals surface area contributed by atoms with E-state index in [1.807, 2.05) is 0 Å². The highest BCUT2D eigenvalue weighted by molar-refractivity contribution is 5.49. The number of non-ortho nitro benzene ring substituents is 1. The van der Waals surface area contributed by atoms with Crippen LogP contribution in [0.1, 0.15) is 0 Å². The molecular formula is C8H8N2O2. The van der Waals surface area contributed by atoms with Gasteiger partial charge in [0.15, 0.2) is 0 Å². The van der Waals surface area contributed by atoms with E-state index in [1.165, 1.54) is 18.3 Å². The van der Waals surface area contributed by atoms with Gasteiger partial charge in [-0.25, -0.2) is 0 Å². The molecule has 4 heteroatoms. The summed E-state index contributed by atoms with van der Waals surface area (Å²) in [5.74, 6) is 0. The lowest BCUT2D eigenvalue weighted by atomic mass is 10.3. The Balaban J connectivity index is 2.85. The van der Waals surface area contributed by atoms with Crippen LogP contribution in [-0.4, -0.2) is 4.92 Å². The number of hydrogen-bond acceptors (Lipinski definition) is 3. The highest BCUT2D eigenvalue weighted by Gasteiger charge is 2.02. The van der Waals surface area contributed by atoms with Crippen LogP contribution in [0.25, 0.3) is 0 Å². The first-order chi connectivity index (χ1) is 5.74. The second kappa shape index (κ2) is 3.52. The van der Waals surface area contributed by atoms with Gasteiger partial charge in [-0.2, -0.15) is 0 Å². The predicted octanol–water partition coefficient (Wildman–Crippen LogP) is 2.15. The second-order valence-electron chi connectivity index (χ2n) is 2.15. The summed E-state index contributed by atoms with van der Waals surface area (Å²) in [4.78, 5) is 9.80. The molecule has 0 radical (unpaired) electrons. The molecule has 0 fully saturated rings. The van der Waals surface area contributed by atoms with Crippen LogP contribution in [-0.2, 0) is 0 Å². The summed E-state index contributed by atoms with van der Waals surface area (Å²) in [6.45, 7) is 3.47. The Morgan fingerprint density at radius 1 is 1.42 bits per heavy atom. The highest BCUT2D eigenvalue weighted by Crippen LogP contribution is 2.14. The number of nitro benzene ring substituents is 1. The van der Waals surface area contributed by atoms with Crippen LogP contribution in [0.3, 0.4) is 0 Å². The van der Waals surface area contributed by atoms with Gasteiger partial charge >= 0.3 is 0 Å². The lowest BCUT2D eigenvalue weighted by molar-refractivity contribution is -0.384. The summed E-state index contributed by atoms with van der Waals surface area (Å²) in [5.41, 5.74) is 0.875. The van der Waals surface area contributed by atoms with Crippen LogP contribution in [0.15, 0.2) is 37.0 Å². The fourth-order valence-electron chi connectivity index (χ4n) is 0.797. The Hall–Kier alpha value is -1.84. The van der Waals surface area contributed by atoms with E-state index in [9.17, 15) is 10.1 Å². The molecule has 1 aromatic rings. The Morgan fingerprint density at radius 3 is 2.42 bits per heavy atom. The third-order valence-corrected chi connectivity index (χ3v) is 1.35. The van der Waals surface area contributed by atoms with Crippen LogP contribution in [0.4, 0.5) is 11.4 Å². The molecule has 0 atom stereocenters. The van der Waals surface area contributed by atoms with Gasteiger partial charge in [0.2, 0.25) is 0 Å². The molecule has 0 bridgehead atoms. The molecule has 0 aliphatic heterocycles. The average molecular weight is 164 g/mol. The van der Waals surface area contributed by atoms with Crippen molar-refractivity contribution in [3.05, 3.63) is 47.2 Å². The molecule has 62 valence electrons. The lowest BCUT2D eigenvalue weighted by Gasteiger charge is -1.97. The summed E-state index contributed by atoms with van der Waals surface area (Å²) in [5, 5.41) is 13.1. The van der Waals surface area contributed by atoms with Crippen LogP contribution < -0.4 is 5.32 Å². The standard InChI is InChI=1S/C8H8N2O2/c1-2-9-7-3-5-8(6-4-7)10(11)12/h2-6,9H,1H2. The van der Waals surface area contributed by atoms with Gasteiger partial charge in [0.1, 0.15) is 0 Å². The van der Waals surface area contributed by atoms with E-state index in [1.54, 1.807) is 12.1 Å². The molecule has 1 aromatic carbocycles. The topological polar surface area (TPSA) is 55.2 Å². The molecular weight excluding hydrogens is 156 g/mol. The molecule has 0 aliphatic carbocycles. The molecule has 0 aromatic heterocycles. The number of nitro groups is 1. The van der Waals surface area contributed by atoms with E-state index in [0.717, 1.165) is 5.69 Å². The van der Waals surface area contributed by atoms with Gasteiger partial charge in [-0.15, -0.1) is 0 Å². The normalized spacial score (nSPS) is 9.00. The van der Waals surface area contributed by atoms with Crippen LogP contribution in [0.2, 0.25) is 0 Å². The number of nitrogens with one attached hydrogen (secondary N) is 1. The molecule has 0 saturated heterocycles. The van der Waals surface area contributed by atoms with Crippen molar-refractivity contribution in [2.75, 3.05) is 5.32 Å². The molecule has 1 N–H and O–H groups in total. The smallest absolute Gasteiger partial charge is 0.269 e. The lowest BCUT2D eigenvalue weighted by Crippen LogP contribution is -1.89. The molecule has 4 nitrogen and oxygen atoms in total. The van der Waals surface area contributed by atoms with Crippen molar-refractivity contribution in [2.24, 2.45) is 0 Å². The van der Waals surface area contributed by atoms with Gasteiger partial charge in [0.05, 0.1) is 4.92 Å². The third-order valence-electron chi connectivity index (χ3n) is 1.35. The van der Waals surface area contributed by atoms with Gasteiger partial charge in [-0.3, -0.25) is 10.1 Å².